The summed E-state index contributed by atoms with van der Waals surface area (Å²) in [6.07, 6.45) is 1.41. The molecule has 1 aliphatic heterocycles. The van der Waals surface area contributed by atoms with E-state index in [0.29, 0.717) is 23.4 Å². The van der Waals surface area contributed by atoms with E-state index in [0.717, 1.165) is 17.0 Å². The Labute approximate surface area is 215 Å². The zero-order chi connectivity index (χ0) is 27.7. The summed E-state index contributed by atoms with van der Waals surface area (Å²) < 4.78 is 61.6. The van der Waals surface area contributed by atoms with E-state index in [4.69, 9.17) is 0 Å². The second-order valence-electron chi connectivity index (χ2n) is 8.20. The minimum atomic E-state index is -5.58. The lowest BCUT2D eigenvalue weighted by Crippen LogP contribution is -2.33. The van der Waals surface area contributed by atoms with Gasteiger partial charge in [-0.3, -0.25) is 10.1 Å². The van der Waals surface area contributed by atoms with Crippen molar-refractivity contribution in [1.29, 1.82) is 0 Å². The summed E-state index contributed by atoms with van der Waals surface area (Å²) in [5.41, 5.74) is -4.46. The molecule has 0 saturated carbocycles. The van der Waals surface area contributed by atoms with E-state index >= 15 is 0 Å². The van der Waals surface area contributed by atoms with Crippen molar-refractivity contribution in [2.75, 3.05) is 15.5 Å². The fourth-order valence-corrected chi connectivity index (χ4v) is 4.46. The van der Waals surface area contributed by atoms with E-state index in [9.17, 15) is 36.0 Å². The van der Waals surface area contributed by atoms with Crippen LogP contribution in [0.2, 0.25) is 0 Å². The second-order valence-corrected chi connectivity index (χ2v) is 10.1. The number of carbonyl (C=O) groups excluding carboxylic acids is 3. The smallest absolute Gasteiger partial charge is 0.308 e. The van der Waals surface area contributed by atoms with Crippen molar-refractivity contribution in [1.82, 2.24) is 9.88 Å². The number of urea groups is 2. The molecule has 0 radical (unpaired) electrons. The number of nitrogens with one attached hydrogen (secondary N) is 2. The highest BCUT2D eigenvalue weighted by atomic mass is 32.2. The van der Waals surface area contributed by atoms with Gasteiger partial charge in [0.25, 0.3) is 15.7 Å². The SMILES string of the molecule is CC1C(=O)N(c2ccc(S(=O)(=O)C(F)(F)F)cc2)C(=O)N1Cc1ccnc(NC(=O)Nc2ccccc2)c1. The highest BCUT2D eigenvalue weighted by molar-refractivity contribution is 7.92. The van der Waals surface area contributed by atoms with Crippen molar-refractivity contribution in [2.45, 2.75) is 29.9 Å². The summed E-state index contributed by atoms with van der Waals surface area (Å²) in [5.74, 6) is -0.448. The van der Waals surface area contributed by atoms with Gasteiger partial charge in [-0.2, -0.15) is 13.2 Å². The fourth-order valence-electron chi connectivity index (χ4n) is 3.70. The van der Waals surface area contributed by atoms with Crippen LogP contribution < -0.4 is 15.5 Å². The average molecular weight is 548 g/mol. The summed E-state index contributed by atoms with van der Waals surface area (Å²) in [6, 6.07) is 12.9. The summed E-state index contributed by atoms with van der Waals surface area (Å²) in [7, 11) is -5.58. The van der Waals surface area contributed by atoms with Crippen molar-refractivity contribution >= 4 is 45.0 Å². The van der Waals surface area contributed by atoms with Crippen LogP contribution in [0.4, 0.5) is 40.0 Å². The molecule has 3 aromatic rings. The number of benzene rings is 2. The summed E-state index contributed by atoms with van der Waals surface area (Å²) >= 11 is 0. The number of halogens is 3. The van der Waals surface area contributed by atoms with Crippen molar-refractivity contribution in [3.8, 4) is 0 Å². The van der Waals surface area contributed by atoms with E-state index in [1.807, 2.05) is 0 Å². The highest BCUT2D eigenvalue weighted by Crippen LogP contribution is 2.33. The van der Waals surface area contributed by atoms with Gasteiger partial charge in [0.1, 0.15) is 11.9 Å². The molecule has 0 aliphatic carbocycles. The maximum atomic E-state index is 13.1. The number of carbonyl (C=O) groups is 3. The Balaban J connectivity index is 1.47. The van der Waals surface area contributed by atoms with E-state index in [1.54, 1.807) is 36.4 Å². The topological polar surface area (TPSA) is 129 Å². The molecule has 14 heteroatoms. The van der Waals surface area contributed by atoms with Gasteiger partial charge in [0.15, 0.2) is 0 Å². The zero-order valence-electron chi connectivity index (χ0n) is 19.6. The second kappa shape index (κ2) is 10.1. The monoisotopic (exact) mass is 547 g/mol. The number of para-hydroxylation sites is 1. The largest absolute Gasteiger partial charge is 0.501 e. The van der Waals surface area contributed by atoms with Gasteiger partial charge in [-0.15, -0.1) is 0 Å². The molecule has 0 bridgehead atoms. The van der Waals surface area contributed by atoms with Crippen molar-refractivity contribution in [3.63, 3.8) is 0 Å². The van der Waals surface area contributed by atoms with Gasteiger partial charge in [-0.05, 0) is 61.0 Å². The fraction of sp³-hybridized carbons (Fsp3) is 0.167. The van der Waals surface area contributed by atoms with Crippen LogP contribution >= 0.6 is 0 Å². The van der Waals surface area contributed by atoms with Gasteiger partial charge in [-0.25, -0.2) is 27.9 Å². The Morgan fingerprint density at radius 2 is 1.66 bits per heavy atom. The number of amides is 5. The lowest BCUT2D eigenvalue weighted by Gasteiger charge is -2.20. The molecule has 198 valence electrons. The Kier molecular flexibility index (Phi) is 7.09. The van der Waals surface area contributed by atoms with Crippen molar-refractivity contribution in [3.05, 3.63) is 78.5 Å². The number of anilines is 3. The number of hydrogen-bond acceptors (Lipinski definition) is 6. The molecular formula is C24H20F3N5O5S. The minimum absolute atomic E-state index is 0.0414. The molecule has 1 atom stereocenters. The van der Waals surface area contributed by atoms with Crippen LogP contribution in [-0.2, 0) is 21.2 Å². The number of aromatic nitrogens is 1. The molecule has 4 rings (SSSR count). The Morgan fingerprint density at radius 1 is 1.00 bits per heavy atom. The molecule has 38 heavy (non-hydrogen) atoms. The van der Waals surface area contributed by atoms with Crippen LogP contribution in [0.25, 0.3) is 0 Å². The lowest BCUT2D eigenvalue weighted by molar-refractivity contribution is -0.119. The predicted octanol–water partition coefficient (Wildman–Crippen LogP) is 4.38. The average Bonchev–Trinajstić information content (AvgIpc) is 3.07. The molecule has 5 amide bonds. The number of imide groups is 1. The molecule has 1 fully saturated rings. The van der Waals surface area contributed by atoms with Crippen LogP contribution in [0, 0.1) is 0 Å². The molecule has 1 unspecified atom stereocenters. The molecular weight excluding hydrogens is 527 g/mol. The lowest BCUT2D eigenvalue weighted by atomic mass is 10.2. The normalized spacial score (nSPS) is 16.1. The van der Waals surface area contributed by atoms with Crippen molar-refractivity contribution in [2.24, 2.45) is 0 Å². The molecule has 2 N–H and O–H groups in total. The number of pyridine rings is 1. The number of hydrogen-bond donors (Lipinski definition) is 2. The molecule has 2 aromatic carbocycles. The molecule has 1 aliphatic rings. The standard InChI is InChI=1S/C24H20F3N5O5S/c1-15-21(33)32(18-7-9-19(10-8-18)38(36,37)24(25,26)27)23(35)31(15)14-16-11-12-28-20(13-16)30-22(34)29-17-5-3-2-4-6-17/h2-13,15H,14H2,1H3,(H2,28,29,30,34). The Morgan fingerprint density at radius 3 is 2.29 bits per heavy atom. The molecule has 1 saturated heterocycles. The predicted molar refractivity (Wildman–Crippen MR) is 131 cm³/mol. The number of rotatable bonds is 6. The Hall–Kier alpha value is -4.46. The first-order valence-electron chi connectivity index (χ1n) is 11.0. The summed E-state index contributed by atoms with van der Waals surface area (Å²) in [5, 5.41) is 5.22. The third-order valence-corrected chi connectivity index (χ3v) is 7.14. The Bertz CT molecular complexity index is 1480. The van der Waals surface area contributed by atoms with E-state index < -0.39 is 44.3 Å². The van der Waals surface area contributed by atoms with E-state index in [2.05, 4.69) is 15.6 Å². The number of alkyl halides is 3. The molecule has 1 aromatic heterocycles. The van der Waals surface area contributed by atoms with E-state index in [1.165, 1.54) is 24.1 Å². The van der Waals surface area contributed by atoms with Crippen LogP contribution in [0.5, 0.6) is 0 Å². The number of sulfone groups is 1. The van der Waals surface area contributed by atoms with Gasteiger partial charge in [0, 0.05) is 18.4 Å². The third-order valence-electron chi connectivity index (χ3n) is 5.64. The van der Waals surface area contributed by atoms with Gasteiger partial charge in [0.2, 0.25) is 0 Å². The molecule has 10 nitrogen and oxygen atoms in total. The van der Waals surface area contributed by atoms with Crippen molar-refractivity contribution < 1.29 is 36.0 Å². The highest BCUT2D eigenvalue weighted by Gasteiger charge is 2.47. The molecule has 2 heterocycles. The first-order chi connectivity index (χ1) is 17.9. The number of nitrogens with zero attached hydrogens (tertiary/aromatic N) is 3. The first-order valence-corrected chi connectivity index (χ1v) is 12.5. The van der Waals surface area contributed by atoms with Gasteiger partial charge < -0.3 is 10.2 Å². The van der Waals surface area contributed by atoms with Crippen LogP contribution in [0.3, 0.4) is 0 Å². The maximum Gasteiger partial charge on any atom is 0.501 e. The molecule has 0 spiro atoms. The van der Waals surface area contributed by atoms with Crippen LogP contribution in [0.1, 0.15) is 12.5 Å². The van der Waals surface area contributed by atoms with Gasteiger partial charge >= 0.3 is 17.6 Å². The van der Waals surface area contributed by atoms with Gasteiger partial charge in [-0.1, -0.05) is 18.2 Å². The minimum Gasteiger partial charge on any atom is -0.308 e. The summed E-state index contributed by atoms with van der Waals surface area (Å²) in [6.45, 7) is 1.44. The van der Waals surface area contributed by atoms with Crippen LogP contribution in [0.15, 0.2) is 77.8 Å². The first kappa shape index (κ1) is 26.6. The maximum absolute atomic E-state index is 13.1. The van der Waals surface area contributed by atoms with Crippen LogP contribution in [-0.4, -0.2) is 47.8 Å². The quantitative estimate of drug-likeness (QED) is 0.441. The summed E-state index contributed by atoms with van der Waals surface area (Å²) in [4.78, 5) is 43.2. The zero-order valence-corrected chi connectivity index (χ0v) is 20.5. The van der Waals surface area contributed by atoms with E-state index in [-0.39, 0.29) is 18.1 Å². The van der Waals surface area contributed by atoms with Gasteiger partial charge in [0.05, 0.1) is 10.6 Å². The third kappa shape index (κ3) is 5.29.